The van der Waals surface area contributed by atoms with E-state index in [1.807, 2.05) is 12.1 Å². The monoisotopic (exact) mass is 299 g/mol. The third-order valence-electron chi connectivity index (χ3n) is 6.64. The molecular formula is C18H26BNO2. The van der Waals surface area contributed by atoms with Gasteiger partial charge in [0.25, 0.3) is 0 Å². The maximum Gasteiger partial charge on any atom is 0.488 e. The molecule has 2 fully saturated rings. The summed E-state index contributed by atoms with van der Waals surface area (Å²) in [5, 5.41) is 19.0. The fourth-order valence-corrected chi connectivity index (χ4v) is 4.74. The zero-order valence-electron chi connectivity index (χ0n) is 13.6. The molecule has 0 aromatic heterocycles. The number of rotatable bonds is 3. The van der Waals surface area contributed by atoms with Crippen molar-refractivity contribution in [2.75, 3.05) is 13.1 Å². The first-order valence-corrected chi connectivity index (χ1v) is 8.72. The Morgan fingerprint density at radius 3 is 2.77 bits per heavy atom. The standard InChI is InChI=1S/C18H26BNO2/c1-12-17-9-14-5-6-15(19(21)22)10-16(14)18(12,2)7-8-20(17)11-13-3-4-13/h5-6,10,12-13,17,21-22H,3-4,7-9,11H2,1-2H3/t12-,17?,18-/m0/s1. The van der Waals surface area contributed by atoms with E-state index >= 15 is 0 Å². The summed E-state index contributed by atoms with van der Waals surface area (Å²) in [6, 6.07) is 6.70. The zero-order valence-corrected chi connectivity index (χ0v) is 13.6. The number of piperidine rings is 1. The number of hydrogen-bond donors (Lipinski definition) is 2. The summed E-state index contributed by atoms with van der Waals surface area (Å²) in [4.78, 5) is 2.74. The van der Waals surface area contributed by atoms with Gasteiger partial charge in [0.05, 0.1) is 0 Å². The average Bonchev–Trinajstić information content (AvgIpc) is 3.29. The Morgan fingerprint density at radius 2 is 2.09 bits per heavy atom. The lowest BCUT2D eigenvalue weighted by Crippen LogP contribution is -2.58. The molecule has 118 valence electrons. The first-order valence-electron chi connectivity index (χ1n) is 8.72. The predicted octanol–water partition coefficient (Wildman–Crippen LogP) is 1.30. The minimum atomic E-state index is -1.36. The van der Waals surface area contributed by atoms with Crippen LogP contribution < -0.4 is 5.46 Å². The minimum absolute atomic E-state index is 0.170. The molecule has 3 aliphatic rings. The summed E-state index contributed by atoms with van der Waals surface area (Å²) in [5.41, 5.74) is 3.57. The van der Waals surface area contributed by atoms with E-state index in [0.717, 1.165) is 12.3 Å². The van der Waals surface area contributed by atoms with Crippen molar-refractivity contribution >= 4 is 12.6 Å². The lowest BCUT2D eigenvalue weighted by molar-refractivity contribution is 0.0285. The molecule has 4 rings (SSSR count). The smallest absolute Gasteiger partial charge is 0.423 e. The molecule has 22 heavy (non-hydrogen) atoms. The minimum Gasteiger partial charge on any atom is -0.423 e. The molecular weight excluding hydrogens is 273 g/mol. The van der Waals surface area contributed by atoms with Crippen LogP contribution in [0.4, 0.5) is 0 Å². The highest BCUT2D eigenvalue weighted by Crippen LogP contribution is 2.49. The summed E-state index contributed by atoms with van der Waals surface area (Å²) in [6.07, 6.45) is 5.13. The SMILES string of the molecule is C[C@H]1C2Cc3ccc(B(O)O)cc3[C@@]1(C)CCN2CC1CC1. The quantitative estimate of drug-likeness (QED) is 0.827. The van der Waals surface area contributed by atoms with Crippen molar-refractivity contribution in [1.29, 1.82) is 0 Å². The van der Waals surface area contributed by atoms with Gasteiger partial charge in [-0.05, 0) is 66.1 Å². The molecule has 2 N–H and O–H groups in total. The van der Waals surface area contributed by atoms with E-state index < -0.39 is 7.12 Å². The molecule has 3 nitrogen and oxygen atoms in total. The van der Waals surface area contributed by atoms with Crippen LogP contribution in [0.5, 0.6) is 0 Å². The van der Waals surface area contributed by atoms with Crippen LogP contribution in [0.15, 0.2) is 18.2 Å². The first-order chi connectivity index (χ1) is 10.5. The van der Waals surface area contributed by atoms with Crippen molar-refractivity contribution in [3.05, 3.63) is 29.3 Å². The van der Waals surface area contributed by atoms with Crippen molar-refractivity contribution in [2.24, 2.45) is 11.8 Å². The number of benzene rings is 1. The summed E-state index contributed by atoms with van der Waals surface area (Å²) in [7, 11) is -1.36. The molecule has 1 aromatic carbocycles. The third kappa shape index (κ3) is 2.24. The van der Waals surface area contributed by atoms with Gasteiger partial charge >= 0.3 is 7.12 Å². The van der Waals surface area contributed by atoms with Crippen molar-refractivity contribution in [3.63, 3.8) is 0 Å². The highest BCUT2D eigenvalue weighted by Gasteiger charge is 2.49. The molecule has 4 heteroatoms. The number of nitrogens with zero attached hydrogens (tertiary/aromatic N) is 1. The maximum absolute atomic E-state index is 9.50. The fraction of sp³-hybridized carbons (Fsp3) is 0.667. The number of hydrogen-bond acceptors (Lipinski definition) is 3. The van der Waals surface area contributed by atoms with Gasteiger partial charge < -0.3 is 10.0 Å². The van der Waals surface area contributed by atoms with Gasteiger partial charge in [0.1, 0.15) is 0 Å². The van der Waals surface area contributed by atoms with Crippen LogP contribution >= 0.6 is 0 Å². The second-order valence-corrected chi connectivity index (χ2v) is 7.96. The second-order valence-electron chi connectivity index (χ2n) is 7.96. The van der Waals surface area contributed by atoms with Gasteiger partial charge in [-0.1, -0.05) is 32.0 Å². The van der Waals surface area contributed by atoms with E-state index in [4.69, 9.17) is 0 Å². The van der Waals surface area contributed by atoms with Gasteiger partial charge in [0.15, 0.2) is 0 Å². The van der Waals surface area contributed by atoms with E-state index in [0.29, 0.717) is 17.4 Å². The topological polar surface area (TPSA) is 43.7 Å². The van der Waals surface area contributed by atoms with E-state index in [9.17, 15) is 10.0 Å². The van der Waals surface area contributed by atoms with Gasteiger partial charge in [-0.15, -0.1) is 0 Å². The Hall–Kier alpha value is -0.835. The van der Waals surface area contributed by atoms with Crippen LogP contribution in [-0.2, 0) is 11.8 Å². The Morgan fingerprint density at radius 1 is 1.32 bits per heavy atom. The van der Waals surface area contributed by atoms with E-state index in [-0.39, 0.29) is 5.41 Å². The van der Waals surface area contributed by atoms with Crippen LogP contribution in [0, 0.1) is 11.8 Å². The lowest BCUT2D eigenvalue weighted by atomic mass is 9.58. The number of fused-ring (bicyclic) bond motifs is 4. The molecule has 0 spiro atoms. The summed E-state index contributed by atoms with van der Waals surface area (Å²) >= 11 is 0. The molecule has 0 amide bonds. The van der Waals surface area contributed by atoms with Crippen LogP contribution in [0.25, 0.3) is 0 Å². The zero-order chi connectivity index (χ0) is 15.5. The van der Waals surface area contributed by atoms with Crippen LogP contribution in [0.2, 0.25) is 0 Å². The summed E-state index contributed by atoms with van der Waals surface area (Å²) < 4.78 is 0. The van der Waals surface area contributed by atoms with Crippen molar-refractivity contribution in [1.82, 2.24) is 4.90 Å². The summed E-state index contributed by atoms with van der Waals surface area (Å²) in [6.45, 7) is 7.25. The van der Waals surface area contributed by atoms with E-state index in [1.165, 1.54) is 43.5 Å². The Kier molecular flexibility index (Phi) is 3.41. The Labute approximate surface area is 133 Å². The molecule has 2 bridgehead atoms. The van der Waals surface area contributed by atoms with Crippen molar-refractivity contribution in [3.8, 4) is 0 Å². The highest BCUT2D eigenvalue weighted by atomic mass is 16.4. The van der Waals surface area contributed by atoms with Gasteiger partial charge in [0.2, 0.25) is 0 Å². The predicted molar refractivity (Wildman–Crippen MR) is 89.2 cm³/mol. The Bertz CT molecular complexity index is 586. The maximum atomic E-state index is 9.50. The van der Waals surface area contributed by atoms with Gasteiger partial charge in [-0.25, -0.2) is 0 Å². The molecule has 1 aliphatic heterocycles. The lowest BCUT2D eigenvalue weighted by Gasteiger charge is -2.55. The van der Waals surface area contributed by atoms with Crippen molar-refractivity contribution in [2.45, 2.75) is 51.0 Å². The normalized spacial score (nSPS) is 34.4. The van der Waals surface area contributed by atoms with E-state index in [2.05, 4.69) is 24.8 Å². The van der Waals surface area contributed by atoms with Crippen LogP contribution in [-0.4, -0.2) is 41.2 Å². The molecule has 1 heterocycles. The highest BCUT2D eigenvalue weighted by molar-refractivity contribution is 6.58. The molecule has 3 atom stereocenters. The van der Waals surface area contributed by atoms with Crippen molar-refractivity contribution < 1.29 is 10.0 Å². The third-order valence-corrected chi connectivity index (χ3v) is 6.64. The van der Waals surface area contributed by atoms with Crippen LogP contribution in [0.1, 0.15) is 44.2 Å². The van der Waals surface area contributed by atoms with Gasteiger partial charge in [-0.3, -0.25) is 4.90 Å². The first kappa shape index (κ1) is 14.7. The molecule has 1 saturated carbocycles. The Balaban J connectivity index is 1.70. The number of likely N-dealkylation sites (tertiary alicyclic amines) is 1. The van der Waals surface area contributed by atoms with Crippen LogP contribution in [0.3, 0.4) is 0 Å². The molecule has 0 radical (unpaired) electrons. The molecule has 1 aromatic rings. The van der Waals surface area contributed by atoms with Gasteiger partial charge in [-0.2, -0.15) is 0 Å². The average molecular weight is 299 g/mol. The summed E-state index contributed by atoms with van der Waals surface area (Å²) in [5.74, 6) is 1.57. The molecule has 1 saturated heterocycles. The second kappa shape index (κ2) is 5.08. The molecule has 2 aliphatic carbocycles. The molecule has 1 unspecified atom stereocenters. The van der Waals surface area contributed by atoms with E-state index in [1.54, 1.807) is 0 Å². The largest absolute Gasteiger partial charge is 0.488 e. The van der Waals surface area contributed by atoms with Gasteiger partial charge in [0, 0.05) is 12.6 Å². The fourth-order valence-electron chi connectivity index (χ4n) is 4.74.